The number of piperidine rings is 1. The lowest BCUT2D eigenvalue weighted by molar-refractivity contribution is -0.384. The molecule has 1 aliphatic rings. The number of hydrogen-bond donors (Lipinski definition) is 0. The molecule has 1 aromatic rings. The first-order valence-corrected chi connectivity index (χ1v) is 6.94. The van der Waals surface area contributed by atoms with E-state index >= 15 is 0 Å². The van der Waals surface area contributed by atoms with Crippen LogP contribution in [0.1, 0.15) is 12.8 Å². The molecule has 5 nitrogen and oxygen atoms in total. The largest absolute Gasteiger partial charge is 0.365 e. The molecule has 0 spiro atoms. The minimum Gasteiger partial charge on any atom is -0.365 e. The molecule has 2 rings (SSSR count). The topological polar surface area (TPSA) is 63.5 Å². The number of carbonyl (C=O) groups excluding carboxylic acids is 1. The van der Waals surface area contributed by atoms with Gasteiger partial charge in [-0.15, -0.1) is 0 Å². The van der Waals surface area contributed by atoms with E-state index in [1.54, 1.807) is 27.5 Å². The quantitative estimate of drug-likeness (QED) is 0.351. The number of halogens is 2. The summed E-state index contributed by atoms with van der Waals surface area (Å²) in [6.45, 7) is 1.01. The fourth-order valence-electron chi connectivity index (χ4n) is 2.27. The van der Waals surface area contributed by atoms with Crippen LogP contribution in [0.5, 0.6) is 0 Å². The fourth-order valence-corrected chi connectivity index (χ4v) is 2.72. The molecule has 19 heavy (non-hydrogen) atoms. The molecule has 7 heteroatoms. The summed E-state index contributed by atoms with van der Waals surface area (Å²) in [6, 6.07) is 2.42. The minimum absolute atomic E-state index is 0.114. The van der Waals surface area contributed by atoms with Crippen molar-refractivity contribution in [1.29, 1.82) is 0 Å². The molecule has 1 saturated heterocycles. The van der Waals surface area contributed by atoms with Crippen molar-refractivity contribution in [2.45, 2.75) is 12.8 Å². The fraction of sp³-hybridized carbons (Fsp3) is 0.417. The van der Waals surface area contributed by atoms with Gasteiger partial charge < -0.3 is 9.69 Å². The normalized spacial score (nSPS) is 19.3. The van der Waals surface area contributed by atoms with E-state index in [0.717, 1.165) is 19.1 Å². The second-order valence-corrected chi connectivity index (χ2v) is 5.66. The highest BCUT2D eigenvalue weighted by Gasteiger charge is 2.26. The van der Waals surface area contributed by atoms with Crippen molar-refractivity contribution >= 4 is 40.3 Å². The molecular weight excluding hydrogens is 366 g/mol. The Morgan fingerprint density at radius 2 is 2.26 bits per heavy atom. The zero-order chi connectivity index (χ0) is 14.0. The average Bonchev–Trinajstić information content (AvgIpc) is 2.41. The Balaban J connectivity index is 2.40. The molecular formula is C12H12FIN2O3. The molecule has 0 radical (unpaired) electrons. The van der Waals surface area contributed by atoms with E-state index in [9.17, 15) is 19.3 Å². The maximum atomic E-state index is 13.6. The summed E-state index contributed by atoms with van der Waals surface area (Å²) in [5, 5.41) is 11.1. The van der Waals surface area contributed by atoms with Gasteiger partial charge >= 0.3 is 0 Å². The molecule has 0 bridgehead atoms. The number of benzene rings is 1. The second kappa shape index (κ2) is 5.81. The average molecular weight is 378 g/mol. The van der Waals surface area contributed by atoms with Crippen LogP contribution in [0.2, 0.25) is 0 Å². The number of aldehydes is 1. The Morgan fingerprint density at radius 3 is 2.89 bits per heavy atom. The standard InChI is InChI=1S/C12H12FIN2O3/c13-9-4-11(12(16(18)19)5-10(9)14)15-3-1-2-8(6-15)7-17/h4-5,7-8H,1-3,6H2. The summed E-state index contributed by atoms with van der Waals surface area (Å²) in [5.41, 5.74) is 0.145. The Kier molecular flexibility index (Phi) is 4.33. The van der Waals surface area contributed by atoms with Crippen LogP contribution in [0.4, 0.5) is 15.8 Å². The maximum absolute atomic E-state index is 13.6. The van der Waals surface area contributed by atoms with Crippen LogP contribution >= 0.6 is 22.6 Å². The van der Waals surface area contributed by atoms with Gasteiger partial charge in [0.1, 0.15) is 17.8 Å². The van der Waals surface area contributed by atoms with Gasteiger partial charge in [-0.25, -0.2) is 4.39 Å². The van der Waals surface area contributed by atoms with E-state index in [1.807, 2.05) is 0 Å². The van der Waals surface area contributed by atoms with Crippen molar-refractivity contribution in [3.63, 3.8) is 0 Å². The number of nitro groups is 1. The first kappa shape index (κ1) is 14.2. The van der Waals surface area contributed by atoms with Gasteiger partial charge in [0, 0.05) is 31.1 Å². The van der Waals surface area contributed by atoms with Gasteiger partial charge in [0.05, 0.1) is 8.49 Å². The zero-order valence-electron chi connectivity index (χ0n) is 10.0. The monoisotopic (exact) mass is 378 g/mol. The lowest BCUT2D eigenvalue weighted by atomic mass is 9.99. The van der Waals surface area contributed by atoms with Gasteiger partial charge in [-0.1, -0.05) is 0 Å². The lowest BCUT2D eigenvalue weighted by Crippen LogP contribution is -2.36. The van der Waals surface area contributed by atoms with E-state index in [-0.39, 0.29) is 20.9 Å². The maximum Gasteiger partial charge on any atom is 0.293 e. The van der Waals surface area contributed by atoms with Crippen LogP contribution in [0.25, 0.3) is 0 Å². The molecule has 102 valence electrons. The van der Waals surface area contributed by atoms with Crippen LogP contribution in [0.15, 0.2) is 12.1 Å². The van der Waals surface area contributed by atoms with Gasteiger partial charge in [-0.3, -0.25) is 10.1 Å². The lowest BCUT2D eigenvalue weighted by Gasteiger charge is -2.31. The van der Waals surface area contributed by atoms with Crippen LogP contribution in [0, 0.1) is 25.4 Å². The summed E-state index contributed by atoms with van der Waals surface area (Å²) in [4.78, 5) is 23.1. The molecule has 1 heterocycles. The smallest absolute Gasteiger partial charge is 0.293 e. The van der Waals surface area contributed by atoms with Crippen molar-refractivity contribution in [3.05, 3.63) is 31.6 Å². The number of carbonyl (C=O) groups is 1. The molecule has 1 aromatic carbocycles. The number of nitrogens with zero attached hydrogens (tertiary/aromatic N) is 2. The SMILES string of the molecule is O=CC1CCCN(c2cc(F)c(I)cc2[N+](=O)[O-])C1. The number of rotatable bonds is 3. The molecule has 0 amide bonds. The molecule has 1 aliphatic heterocycles. The molecule has 0 aliphatic carbocycles. The summed E-state index contributed by atoms with van der Waals surface area (Å²) >= 11 is 1.73. The molecule has 0 saturated carbocycles. The Morgan fingerprint density at radius 1 is 1.53 bits per heavy atom. The van der Waals surface area contributed by atoms with Crippen LogP contribution in [-0.2, 0) is 4.79 Å². The van der Waals surface area contributed by atoms with Crippen molar-refractivity contribution in [2.75, 3.05) is 18.0 Å². The Labute approximate surface area is 123 Å². The van der Waals surface area contributed by atoms with Crippen molar-refractivity contribution < 1.29 is 14.1 Å². The number of nitro benzene ring substituents is 1. The Bertz CT molecular complexity index is 524. The molecule has 0 N–H and O–H groups in total. The van der Waals surface area contributed by atoms with Gasteiger partial charge in [0.2, 0.25) is 0 Å². The summed E-state index contributed by atoms with van der Waals surface area (Å²) < 4.78 is 13.8. The first-order chi connectivity index (χ1) is 9.02. The third-order valence-corrected chi connectivity index (χ3v) is 4.03. The van der Waals surface area contributed by atoms with Gasteiger partial charge in [0.15, 0.2) is 0 Å². The Hall–Kier alpha value is -1.25. The van der Waals surface area contributed by atoms with Gasteiger partial charge in [-0.05, 0) is 35.4 Å². The summed E-state index contributed by atoms with van der Waals surface area (Å²) in [6.07, 6.45) is 2.41. The van der Waals surface area contributed by atoms with E-state index in [4.69, 9.17) is 0 Å². The van der Waals surface area contributed by atoms with Crippen molar-refractivity contribution in [2.24, 2.45) is 5.92 Å². The molecule has 1 fully saturated rings. The predicted octanol–water partition coefficient (Wildman–Crippen LogP) is 2.75. The van der Waals surface area contributed by atoms with Gasteiger partial charge in [-0.2, -0.15) is 0 Å². The highest BCUT2D eigenvalue weighted by Crippen LogP contribution is 2.33. The van der Waals surface area contributed by atoms with Crippen LogP contribution < -0.4 is 4.90 Å². The minimum atomic E-state index is -0.512. The van der Waals surface area contributed by atoms with Gasteiger partial charge in [0.25, 0.3) is 5.69 Å². The summed E-state index contributed by atoms with van der Waals surface area (Å²) in [7, 11) is 0. The highest BCUT2D eigenvalue weighted by atomic mass is 127. The predicted molar refractivity (Wildman–Crippen MR) is 76.8 cm³/mol. The number of anilines is 1. The third kappa shape index (κ3) is 3.02. The van der Waals surface area contributed by atoms with E-state index in [1.165, 1.54) is 12.1 Å². The summed E-state index contributed by atoms with van der Waals surface area (Å²) in [5.74, 6) is -0.620. The second-order valence-electron chi connectivity index (χ2n) is 4.50. The van der Waals surface area contributed by atoms with Crippen molar-refractivity contribution in [1.82, 2.24) is 0 Å². The molecule has 0 aromatic heterocycles. The first-order valence-electron chi connectivity index (χ1n) is 5.86. The third-order valence-electron chi connectivity index (χ3n) is 3.21. The van der Waals surface area contributed by atoms with E-state index in [0.29, 0.717) is 13.1 Å². The van der Waals surface area contributed by atoms with Crippen molar-refractivity contribution in [3.8, 4) is 0 Å². The number of hydrogen-bond acceptors (Lipinski definition) is 4. The molecule has 1 unspecified atom stereocenters. The van der Waals surface area contributed by atoms with Crippen LogP contribution in [0.3, 0.4) is 0 Å². The van der Waals surface area contributed by atoms with E-state index < -0.39 is 10.7 Å². The highest BCUT2D eigenvalue weighted by molar-refractivity contribution is 14.1. The molecule has 1 atom stereocenters. The zero-order valence-corrected chi connectivity index (χ0v) is 12.2. The van der Waals surface area contributed by atoms with E-state index in [2.05, 4.69) is 0 Å². The van der Waals surface area contributed by atoms with Crippen LogP contribution in [-0.4, -0.2) is 24.3 Å².